The number of methoxy groups -OCH3 is 2. The molecule has 5 heteroatoms. The third kappa shape index (κ3) is 2.50. The zero-order valence-corrected chi connectivity index (χ0v) is 12.4. The van der Waals surface area contributed by atoms with Crippen LogP contribution in [0.5, 0.6) is 0 Å². The van der Waals surface area contributed by atoms with Crippen molar-refractivity contribution in [3.63, 3.8) is 0 Å². The van der Waals surface area contributed by atoms with E-state index in [0.29, 0.717) is 17.7 Å². The van der Waals surface area contributed by atoms with E-state index in [1.54, 1.807) is 0 Å². The predicted molar refractivity (Wildman–Crippen MR) is 71.0 cm³/mol. The van der Waals surface area contributed by atoms with Gasteiger partial charge in [-0.15, -0.1) is 0 Å². The van der Waals surface area contributed by atoms with E-state index in [9.17, 15) is 9.59 Å². The number of hydrogen-bond acceptors (Lipinski definition) is 5. The Kier molecular flexibility index (Phi) is 4.75. The third-order valence-electron chi connectivity index (χ3n) is 3.58. The van der Waals surface area contributed by atoms with E-state index in [-0.39, 0.29) is 5.92 Å². The lowest BCUT2D eigenvalue weighted by molar-refractivity contribution is -0.137. The monoisotopic (exact) mass is 267 g/mol. The molecule has 0 saturated heterocycles. The average Bonchev–Trinajstić information content (AvgIpc) is 2.38. The van der Waals surface area contributed by atoms with Crippen LogP contribution in [0, 0.1) is 5.92 Å². The molecule has 0 amide bonds. The van der Waals surface area contributed by atoms with E-state index in [2.05, 4.69) is 0 Å². The second-order valence-corrected chi connectivity index (χ2v) is 4.45. The highest BCUT2D eigenvalue weighted by Crippen LogP contribution is 2.35. The van der Waals surface area contributed by atoms with Crippen LogP contribution in [0.15, 0.2) is 22.5 Å². The average molecular weight is 267 g/mol. The molecule has 0 saturated carbocycles. The number of allylic oxidation sites excluding steroid dienone is 2. The molecule has 0 bridgehead atoms. The lowest BCUT2D eigenvalue weighted by Gasteiger charge is -2.35. The fourth-order valence-corrected chi connectivity index (χ4v) is 2.66. The van der Waals surface area contributed by atoms with E-state index in [0.717, 1.165) is 11.4 Å². The summed E-state index contributed by atoms with van der Waals surface area (Å²) in [6.07, 6.45) is 0. The van der Waals surface area contributed by atoms with Gasteiger partial charge in [-0.05, 0) is 20.8 Å². The molecule has 0 radical (unpaired) electrons. The third-order valence-corrected chi connectivity index (χ3v) is 3.58. The summed E-state index contributed by atoms with van der Waals surface area (Å²) in [5, 5.41) is 0. The van der Waals surface area contributed by atoms with Crippen LogP contribution in [0.1, 0.15) is 27.7 Å². The van der Waals surface area contributed by atoms with Crippen molar-refractivity contribution in [2.75, 3.05) is 20.8 Å². The number of carbonyl (C=O) groups excluding carboxylic acids is 2. The highest BCUT2D eigenvalue weighted by atomic mass is 16.5. The van der Waals surface area contributed by atoms with Crippen LogP contribution in [0.4, 0.5) is 0 Å². The van der Waals surface area contributed by atoms with Crippen LogP contribution < -0.4 is 0 Å². The molecule has 1 heterocycles. The molecule has 19 heavy (non-hydrogen) atoms. The number of esters is 2. The van der Waals surface area contributed by atoms with E-state index < -0.39 is 11.9 Å². The van der Waals surface area contributed by atoms with Crippen molar-refractivity contribution in [1.29, 1.82) is 0 Å². The van der Waals surface area contributed by atoms with Gasteiger partial charge >= 0.3 is 11.9 Å². The Labute approximate surface area is 113 Å². The summed E-state index contributed by atoms with van der Waals surface area (Å²) in [5.74, 6) is -1.14. The van der Waals surface area contributed by atoms with Gasteiger partial charge in [-0.3, -0.25) is 0 Å². The number of hydrogen-bond donors (Lipinski definition) is 0. The first-order valence-electron chi connectivity index (χ1n) is 6.26. The van der Waals surface area contributed by atoms with Crippen molar-refractivity contribution < 1.29 is 19.1 Å². The van der Waals surface area contributed by atoms with E-state index in [1.165, 1.54) is 14.2 Å². The first-order valence-corrected chi connectivity index (χ1v) is 6.26. The second kappa shape index (κ2) is 5.91. The molecule has 0 aromatic rings. The van der Waals surface area contributed by atoms with Crippen LogP contribution in [-0.2, 0) is 19.1 Å². The van der Waals surface area contributed by atoms with Gasteiger partial charge in [0.1, 0.15) is 0 Å². The fraction of sp³-hybridized carbons (Fsp3) is 0.571. The molecule has 106 valence electrons. The van der Waals surface area contributed by atoms with Gasteiger partial charge in [-0.2, -0.15) is 0 Å². The number of carbonyl (C=O) groups is 2. The number of nitrogens with zero attached hydrogens (tertiary/aromatic N) is 1. The summed E-state index contributed by atoms with van der Waals surface area (Å²) in [5.41, 5.74) is 2.67. The molecule has 1 rings (SSSR count). The molecule has 0 aromatic carbocycles. The zero-order valence-electron chi connectivity index (χ0n) is 12.4. The topological polar surface area (TPSA) is 55.8 Å². The maximum Gasteiger partial charge on any atom is 0.336 e. The molecule has 0 N–H and O–H groups in total. The van der Waals surface area contributed by atoms with E-state index in [4.69, 9.17) is 9.47 Å². The molecular formula is C14H21NO4. The zero-order chi connectivity index (χ0) is 14.7. The van der Waals surface area contributed by atoms with Gasteiger partial charge in [0, 0.05) is 23.9 Å². The van der Waals surface area contributed by atoms with Crippen molar-refractivity contribution in [3.8, 4) is 0 Å². The normalized spacial score (nSPS) is 16.8. The Balaban J connectivity index is 3.40. The highest BCUT2D eigenvalue weighted by molar-refractivity contribution is 5.97. The summed E-state index contributed by atoms with van der Waals surface area (Å²) in [7, 11) is 2.68. The van der Waals surface area contributed by atoms with Crippen LogP contribution in [0.2, 0.25) is 0 Å². The Bertz CT molecular complexity index is 422. The summed E-state index contributed by atoms with van der Waals surface area (Å²) < 4.78 is 9.64. The van der Waals surface area contributed by atoms with Crippen molar-refractivity contribution in [3.05, 3.63) is 22.5 Å². The number of ether oxygens (including phenoxy) is 2. The first-order chi connectivity index (χ1) is 8.90. The molecule has 1 aliphatic heterocycles. The standard InChI is InChI=1S/C14H21NO4/c1-7-15-9(3)11(13(16)18-5)8(2)12(10(15)4)14(17)19-6/h8H,7H2,1-6H3. The summed E-state index contributed by atoms with van der Waals surface area (Å²) in [6.45, 7) is 8.18. The number of rotatable bonds is 3. The van der Waals surface area contributed by atoms with E-state index >= 15 is 0 Å². The lowest BCUT2D eigenvalue weighted by atomic mass is 9.86. The molecule has 5 nitrogen and oxygen atoms in total. The van der Waals surface area contributed by atoms with Gasteiger partial charge in [0.15, 0.2) is 0 Å². The Hall–Kier alpha value is -1.78. The molecule has 0 spiro atoms. The van der Waals surface area contributed by atoms with Gasteiger partial charge in [0.05, 0.1) is 25.4 Å². The molecular weight excluding hydrogens is 246 g/mol. The summed E-state index contributed by atoms with van der Waals surface area (Å²) in [6, 6.07) is 0. The minimum atomic E-state index is -0.405. The fourth-order valence-electron chi connectivity index (χ4n) is 2.66. The molecule has 0 aromatic heterocycles. The first kappa shape index (κ1) is 15.3. The lowest BCUT2D eigenvalue weighted by Crippen LogP contribution is -2.34. The maximum absolute atomic E-state index is 11.9. The smallest absolute Gasteiger partial charge is 0.336 e. The molecule has 0 fully saturated rings. The van der Waals surface area contributed by atoms with Crippen LogP contribution >= 0.6 is 0 Å². The minimum absolute atomic E-state index is 0.331. The van der Waals surface area contributed by atoms with Crippen molar-refractivity contribution in [2.24, 2.45) is 5.92 Å². The maximum atomic E-state index is 11.9. The summed E-state index contributed by atoms with van der Waals surface area (Å²) in [4.78, 5) is 25.8. The highest BCUT2D eigenvalue weighted by Gasteiger charge is 2.36. The van der Waals surface area contributed by atoms with Gasteiger partial charge in [0.2, 0.25) is 0 Å². The minimum Gasteiger partial charge on any atom is -0.466 e. The Morgan fingerprint density at radius 1 is 1.05 bits per heavy atom. The van der Waals surface area contributed by atoms with Gasteiger partial charge < -0.3 is 14.4 Å². The van der Waals surface area contributed by atoms with Crippen molar-refractivity contribution in [1.82, 2.24) is 4.90 Å². The van der Waals surface area contributed by atoms with Gasteiger partial charge in [0.25, 0.3) is 0 Å². The van der Waals surface area contributed by atoms with E-state index in [1.807, 2.05) is 32.6 Å². The van der Waals surface area contributed by atoms with Crippen molar-refractivity contribution >= 4 is 11.9 Å². The van der Waals surface area contributed by atoms with Crippen LogP contribution in [0.25, 0.3) is 0 Å². The Morgan fingerprint density at radius 3 is 1.68 bits per heavy atom. The van der Waals surface area contributed by atoms with Crippen molar-refractivity contribution in [2.45, 2.75) is 27.7 Å². The molecule has 0 aliphatic carbocycles. The Morgan fingerprint density at radius 2 is 1.42 bits per heavy atom. The molecule has 0 atom stereocenters. The quantitative estimate of drug-likeness (QED) is 0.730. The van der Waals surface area contributed by atoms with Gasteiger partial charge in [-0.1, -0.05) is 6.92 Å². The SMILES string of the molecule is CCN1C(C)=C(C(=O)OC)C(C)C(C(=O)OC)=C1C. The second-order valence-electron chi connectivity index (χ2n) is 4.45. The predicted octanol–water partition coefficient (Wildman–Crippen LogP) is 1.85. The largest absolute Gasteiger partial charge is 0.466 e. The molecule has 1 aliphatic rings. The summed E-state index contributed by atoms with van der Waals surface area (Å²) >= 11 is 0. The van der Waals surface area contributed by atoms with Crippen LogP contribution in [-0.4, -0.2) is 37.6 Å². The van der Waals surface area contributed by atoms with Gasteiger partial charge in [-0.25, -0.2) is 9.59 Å². The van der Waals surface area contributed by atoms with Crippen LogP contribution in [0.3, 0.4) is 0 Å². The molecule has 0 unspecified atom stereocenters.